The number of carbonyl (C=O) groups is 3. The van der Waals surface area contributed by atoms with Gasteiger partial charge in [0.25, 0.3) is 0 Å². The van der Waals surface area contributed by atoms with Crippen LogP contribution >= 0.6 is 0 Å². The molecule has 0 radical (unpaired) electrons. The van der Waals surface area contributed by atoms with E-state index in [1.165, 1.54) is 0 Å². The maximum atomic E-state index is 14.6. The van der Waals surface area contributed by atoms with Crippen LogP contribution in [-0.4, -0.2) is 40.5 Å². The molecule has 1 fully saturated rings. The summed E-state index contributed by atoms with van der Waals surface area (Å²) in [6, 6.07) is 25.1. The molecule has 4 rings (SSSR count). The molecule has 1 aliphatic rings. The molecule has 1 saturated carbocycles. The van der Waals surface area contributed by atoms with E-state index in [4.69, 9.17) is 4.74 Å². The third-order valence-electron chi connectivity index (χ3n) is 7.31. The number of alkyl carbamates (subject to hydrolysis) is 1. The summed E-state index contributed by atoms with van der Waals surface area (Å²) in [4.78, 5) is 43.3. The predicted octanol–water partition coefficient (Wildman–Crippen LogP) is 5.87. The second-order valence-corrected chi connectivity index (χ2v) is 11.7. The molecule has 3 aromatic carbocycles. The van der Waals surface area contributed by atoms with Crippen molar-refractivity contribution in [3.8, 4) is 0 Å². The van der Waals surface area contributed by atoms with Crippen molar-refractivity contribution in [2.24, 2.45) is 0 Å². The third kappa shape index (κ3) is 8.19. The smallest absolute Gasteiger partial charge is 0.408 e. The Bertz CT molecular complexity index is 1320. The minimum Gasteiger partial charge on any atom is -0.444 e. The van der Waals surface area contributed by atoms with Crippen LogP contribution in [0, 0.1) is 6.92 Å². The van der Waals surface area contributed by atoms with Gasteiger partial charge in [-0.3, -0.25) is 9.59 Å². The lowest BCUT2D eigenvalue weighted by molar-refractivity contribution is -0.147. The molecule has 7 nitrogen and oxygen atoms in total. The Morgan fingerprint density at radius 2 is 1.46 bits per heavy atom. The average molecular weight is 556 g/mol. The first-order valence-corrected chi connectivity index (χ1v) is 14.3. The molecule has 3 aromatic rings. The largest absolute Gasteiger partial charge is 0.444 e. The van der Waals surface area contributed by atoms with E-state index < -0.39 is 23.8 Å². The number of nitrogens with zero attached hydrogens (tertiary/aromatic N) is 1. The molecule has 216 valence electrons. The van der Waals surface area contributed by atoms with E-state index in [9.17, 15) is 14.4 Å². The minimum atomic E-state index is -0.915. The van der Waals surface area contributed by atoms with E-state index in [0.717, 1.165) is 41.5 Å². The number of aryl methyl sites for hydroxylation is 1. The zero-order valence-corrected chi connectivity index (χ0v) is 24.4. The highest BCUT2D eigenvalue weighted by Gasteiger charge is 2.42. The highest BCUT2D eigenvalue weighted by molar-refractivity contribution is 5.92. The van der Waals surface area contributed by atoms with Crippen molar-refractivity contribution in [2.45, 2.75) is 83.6 Å². The molecular formula is C34H41N3O4. The summed E-state index contributed by atoms with van der Waals surface area (Å²) in [7, 11) is 0. The summed E-state index contributed by atoms with van der Waals surface area (Å²) in [6.45, 7) is 7.65. The molecule has 0 bridgehead atoms. The molecule has 0 heterocycles. The summed E-state index contributed by atoms with van der Waals surface area (Å²) >= 11 is 0. The fourth-order valence-corrected chi connectivity index (χ4v) is 5.06. The van der Waals surface area contributed by atoms with Crippen molar-refractivity contribution in [1.82, 2.24) is 15.5 Å². The van der Waals surface area contributed by atoms with Gasteiger partial charge < -0.3 is 20.3 Å². The Hall–Kier alpha value is -4.13. The van der Waals surface area contributed by atoms with E-state index in [1.807, 2.05) is 91.9 Å². The Kier molecular flexibility index (Phi) is 9.82. The number of hydrogen-bond donors (Lipinski definition) is 2. The second kappa shape index (κ2) is 13.5. The predicted molar refractivity (Wildman–Crippen MR) is 160 cm³/mol. The van der Waals surface area contributed by atoms with Crippen LogP contribution in [0.3, 0.4) is 0 Å². The van der Waals surface area contributed by atoms with E-state index in [0.29, 0.717) is 6.54 Å². The van der Waals surface area contributed by atoms with E-state index in [1.54, 1.807) is 25.7 Å². The summed E-state index contributed by atoms with van der Waals surface area (Å²) in [5.41, 5.74) is 2.84. The van der Waals surface area contributed by atoms with Crippen molar-refractivity contribution in [3.63, 3.8) is 0 Å². The lowest BCUT2D eigenvalue weighted by atomic mass is 9.87. The van der Waals surface area contributed by atoms with E-state index >= 15 is 0 Å². The maximum Gasteiger partial charge on any atom is 0.408 e. The van der Waals surface area contributed by atoms with Crippen LogP contribution in [0.5, 0.6) is 0 Å². The number of benzene rings is 3. The van der Waals surface area contributed by atoms with Crippen LogP contribution in [0.2, 0.25) is 0 Å². The van der Waals surface area contributed by atoms with Crippen LogP contribution < -0.4 is 10.6 Å². The van der Waals surface area contributed by atoms with Crippen LogP contribution in [0.4, 0.5) is 4.79 Å². The van der Waals surface area contributed by atoms with Crippen LogP contribution in [0.15, 0.2) is 84.9 Å². The molecule has 2 N–H and O–H groups in total. The fourth-order valence-electron chi connectivity index (χ4n) is 5.06. The Morgan fingerprint density at radius 1 is 0.878 bits per heavy atom. The molecule has 7 heteroatoms. The molecule has 3 amide bonds. The van der Waals surface area contributed by atoms with Crippen LogP contribution in [0.25, 0.3) is 0 Å². The van der Waals surface area contributed by atoms with Gasteiger partial charge in [0.05, 0.1) is 0 Å². The van der Waals surface area contributed by atoms with Crippen molar-refractivity contribution in [3.05, 3.63) is 107 Å². The third-order valence-corrected chi connectivity index (χ3v) is 7.31. The van der Waals surface area contributed by atoms with Gasteiger partial charge in [0, 0.05) is 19.0 Å². The standard InChI is InChI=1S/C34H41N3O4/c1-24-14-11-12-21-28(24)30(31(38)35-23-26-17-9-6-10-18-26)37(27-19-13-20-27)32(39)29(22-25-15-7-5-8-16-25)36-33(40)41-34(2,3)4/h5-12,14-18,21,27,29-30H,13,19-20,22-23H2,1-4H3,(H,35,38)(H,36,40). The first-order chi connectivity index (χ1) is 19.6. The molecule has 41 heavy (non-hydrogen) atoms. The lowest BCUT2D eigenvalue weighted by Crippen LogP contribution is -2.58. The van der Waals surface area contributed by atoms with Gasteiger partial charge >= 0.3 is 6.09 Å². The van der Waals surface area contributed by atoms with E-state index in [2.05, 4.69) is 10.6 Å². The molecule has 0 aromatic heterocycles. The molecule has 0 saturated heterocycles. The molecule has 0 spiro atoms. The number of nitrogens with one attached hydrogen (secondary N) is 2. The topological polar surface area (TPSA) is 87.7 Å². The number of carbonyl (C=O) groups excluding carboxylic acids is 3. The van der Waals surface area contributed by atoms with Crippen LogP contribution in [0.1, 0.15) is 68.3 Å². The normalized spacial score (nSPS) is 14.7. The minimum absolute atomic E-state index is 0.117. The van der Waals surface area contributed by atoms with Crippen molar-refractivity contribution in [1.29, 1.82) is 0 Å². The van der Waals surface area contributed by atoms with Gasteiger partial charge in [-0.1, -0.05) is 84.9 Å². The summed E-state index contributed by atoms with van der Waals surface area (Å²) < 4.78 is 5.54. The monoisotopic (exact) mass is 555 g/mol. The number of ether oxygens (including phenoxy) is 1. The summed E-state index contributed by atoms with van der Waals surface area (Å²) in [5.74, 6) is -0.549. The van der Waals surface area contributed by atoms with Gasteiger partial charge in [-0.15, -0.1) is 0 Å². The van der Waals surface area contributed by atoms with Crippen LogP contribution in [-0.2, 0) is 27.3 Å². The molecule has 1 aliphatic carbocycles. The van der Waals surface area contributed by atoms with Gasteiger partial charge in [-0.2, -0.15) is 0 Å². The Labute approximate surface area is 243 Å². The molecule has 2 atom stereocenters. The number of rotatable bonds is 10. The van der Waals surface area contributed by atoms with E-state index in [-0.39, 0.29) is 24.3 Å². The molecule has 0 aliphatic heterocycles. The zero-order valence-electron chi connectivity index (χ0n) is 24.4. The fraction of sp³-hybridized carbons (Fsp3) is 0.382. The summed E-state index contributed by atoms with van der Waals surface area (Å²) in [5, 5.41) is 5.92. The van der Waals surface area contributed by atoms with Gasteiger partial charge in [-0.25, -0.2) is 4.79 Å². The lowest BCUT2D eigenvalue weighted by Gasteiger charge is -2.44. The first-order valence-electron chi connectivity index (χ1n) is 14.3. The zero-order chi connectivity index (χ0) is 29.4. The first kappa shape index (κ1) is 29.8. The average Bonchev–Trinajstić information content (AvgIpc) is 2.91. The second-order valence-electron chi connectivity index (χ2n) is 11.7. The van der Waals surface area contributed by atoms with Gasteiger partial charge in [0.1, 0.15) is 17.7 Å². The van der Waals surface area contributed by atoms with Gasteiger partial charge in [0.2, 0.25) is 11.8 Å². The van der Waals surface area contributed by atoms with Crippen molar-refractivity contribution in [2.75, 3.05) is 0 Å². The Balaban J connectivity index is 1.70. The number of hydrogen-bond acceptors (Lipinski definition) is 4. The number of amides is 3. The molecular weight excluding hydrogens is 514 g/mol. The van der Waals surface area contributed by atoms with Gasteiger partial charge in [0.15, 0.2) is 0 Å². The summed E-state index contributed by atoms with van der Waals surface area (Å²) in [6.07, 6.45) is 2.17. The van der Waals surface area contributed by atoms with Crippen molar-refractivity contribution < 1.29 is 19.1 Å². The van der Waals surface area contributed by atoms with Gasteiger partial charge in [-0.05, 0) is 69.2 Å². The van der Waals surface area contributed by atoms with Crippen molar-refractivity contribution >= 4 is 17.9 Å². The maximum absolute atomic E-state index is 14.6. The highest BCUT2D eigenvalue weighted by atomic mass is 16.6. The molecule has 2 unspecified atom stereocenters. The SMILES string of the molecule is Cc1ccccc1C(C(=O)NCc1ccccc1)N(C(=O)C(Cc1ccccc1)NC(=O)OC(C)(C)C)C1CCC1. The highest BCUT2D eigenvalue weighted by Crippen LogP contribution is 2.35. The quantitative estimate of drug-likeness (QED) is 0.328. The Morgan fingerprint density at radius 3 is 2.02 bits per heavy atom.